The second-order valence-electron chi connectivity index (χ2n) is 5.18. The van der Waals surface area contributed by atoms with Crippen LogP contribution in [0.25, 0.3) is 0 Å². The van der Waals surface area contributed by atoms with Crippen LogP contribution in [0, 0.1) is 0 Å². The van der Waals surface area contributed by atoms with E-state index in [2.05, 4.69) is 5.10 Å². The lowest BCUT2D eigenvalue weighted by molar-refractivity contribution is -0.137. The van der Waals surface area contributed by atoms with Crippen LogP contribution in [0.5, 0.6) is 0 Å². The van der Waals surface area contributed by atoms with Crippen molar-refractivity contribution in [3.63, 3.8) is 0 Å². The van der Waals surface area contributed by atoms with Crippen LogP contribution in [-0.2, 0) is 6.18 Å². The monoisotopic (exact) mass is 304 g/mol. The van der Waals surface area contributed by atoms with Gasteiger partial charge in [-0.2, -0.15) is 18.3 Å². The minimum Gasteiger partial charge on any atom is -0.265 e. The number of hydrazone groups is 1. The van der Waals surface area contributed by atoms with Crippen molar-refractivity contribution < 1.29 is 13.2 Å². The third kappa shape index (κ3) is 3.13. The van der Waals surface area contributed by atoms with E-state index in [-0.39, 0.29) is 0 Å². The predicted octanol–water partition coefficient (Wildman–Crippen LogP) is 4.71. The molecule has 2 nitrogen and oxygen atoms in total. The minimum atomic E-state index is -4.30. The summed E-state index contributed by atoms with van der Waals surface area (Å²) in [5, 5.41) is 6.48. The van der Waals surface area contributed by atoms with Crippen molar-refractivity contribution in [1.29, 1.82) is 0 Å². The lowest BCUT2D eigenvalue weighted by atomic mass is 10.0. The van der Waals surface area contributed by atoms with Crippen molar-refractivity contribution >= 4 is 11.4 Å². The Morgan fingerprint density at radius 3 is 2.23 bits per heavy atom. The summed E-state index contributed by atoms with van der Waals surface area (Å²) in [6, 6.07) is 15.0. The SMILES string of the molecule is FC(F)(F)c1ccc(C2=NN(c3ccccc3)CCC2)cc1. The molecular formula is C17H15F3N2. The van der Waals surface area contributed by atoms with Crippen molar-refractivity contribution in [3.05, 3.63) is 65.7 Å². The van der Waals surface area contributed by atoms with E-state index in [1.165, 1.54) is 12.1 Å². The zero-order valence-electron chi connectivity index (χ0n) is 11.8. The maximum absolute atomic E-state index is 12.6. The first-order valence-corrected chi connectivity index (χ1v) is 7.12. The fraction of sp³-hybridized carbons (Fsp3) is 0.235. The van der Waals surface area contributed by atoms with E-state index in [9.17, 15) is 13.2 Å². The van der Waals surface area contributed by atoms with E-state index < -0.39 is 11.7 Å². The van der Waals surface area contributed by atoms with Crippen molar-refractivity contribution in [2.45, 2.75) is 19.0 Å². The molecule has 2 aromatic rings. The lowest BCUT2D eigenvalue weighted by Gasteiger charge is -2.25. The van der Waals surface area contributed by atoms with Crippen LogP contribution in [0.1, 0.15) is 24.0 Å². The third-order valence-corrected chi connectivity index (χ3v) is 3.62. The zero-order chi connectivity index (χ0) is 15.6. The highest BCUT2D eigenvalue weighted by Gasteiger charge is 2.30. The number of hydrogen-bond donors (Lipinski definition) is 0. The molecule has 0 amide bonds. The Morgan fingerprint density at radius 1 is 0.909 bits per heavy atom. The summed E-state index contributed by atoms with van der Waals surface area (Å²) >= 11 is 0. The first kappa shape index (κ1) is 14.6. The molecule has 0 radical (unpaired) electrons. The van der Waals surface area contributed by atoms with Gasteiger partial charge in [0.25, 0.3) is 0 Å². The average molecular weight is 304 g/mol. The molecule has 0 unspecified atom stereocenters. The van der Waals surface area contributed by atoms with Crippen LogP contribution in [0.4, 0.5) is 18.9 Å². The number of para-hydroxylation sites is 1. The molecule has 0 fully saturated rings. The highest BCUT2D eigenvalue weighted by atomic mass is 19.4. The molecule has 0 N–H and O–H groups in total. The van der Waals surface area contributed by atoms with E-state index >= 15 is 0 Å². The molecule has 0 spiro atoms. The Kier molecular flexibility index (Phi) is 3.88. The van der Waals surface area contributed by atoms with Gasteiger partial charge < -0.3 is 0 Å². The van der Waals surface area contributed by atoms with Gasteiger partial charge in [-0.15, -0.1) is 0 Å². The third-order valence-electron chi connectivity index (χ3n) is 3.62. The van der Waals surface area contributed by atoms with E-state index in [0.29, 0.717) is 0 Å². The van der Waals surface area contributed by atoms with Crippen molar-refractivity contribution in [2.24, 2.45) is 5.10 Å². The van der Waals surface area contributed by atoms with Crippen molar-refractivity contribution in [2.75, 3.05) is 11.6 Å². The number of hydrogen-bond acceptors (Lipinski definition) is 2. The molecule has 0 aliphatic carbocycles. The molecule has 0 saturated carbocycles. The van der Waals surface area contributed by atoms with Gasteiger partial charge in [0.15, 0.2) is 0 Å². The Labute approximate surface area is 126 Å². The summed E-state index contributed by atoms with van der Waals surface area (Å²) < 4.78 is 37.8. The lowest BCUT2D eigenvalue weighted by Crippen LogP contribution is -2.26. The molecule has 1 aliphatic rings. The number of nitrogens with zero attached hydrogens (tertiary/aromatic N) is 2. The van der Waals surface area contributed by atoms with Crippen LogP contribution in [0.15, 0.2) is 59.7 Å². The quantitative estimate of drug-likeness (QED) is 0.784. The van der Waals surface area contributed by atoms with E-state index in [0.717, 1.165) is 48.5 Å². The normalized spacial score (nSPS) is 15.6. The summed E-state index contributed by atoms with van der Waals surface area (Å²) in [5.41, 5.74) is 1.93. The molecule has 22 heavy (non-hydrogen) atoms. The zero-order valence-corrected chi connectivity index (χ0v) is 11.8. The van der Waals surface area contributed by atoms with Crippen LogP contribution in [0.3, 0.4) is 0 Å². The van der Waals surface area contributed by atoms with Crippen molar-refractivity contribution in [3.8, 4) is 0 Å². The molecule has 2 aromatic carbocycles. The average Bonchev–Trinajstić information content (AvgIpc) is 2.55. The fourth-order valence-corrected chi connectivity index (χ4v) is 2.48. The number of anilines is 1. The highest BCUT2D eigenvalue weighted by Crippen LogP contribution is 2.29. The van der Waals surface area contributed by atoms with Crippen LogP contribution in [-0.4, -0.2) is 12.3 Å². The largest absolute Gasteiger partial charge is 0.416 e. The number of rotatable bonds is 2. The van der Waals surface area contributed by atoms with Gasteiger partial charge in [0.1, 0.15) is 0 Å². The van der Waals surface area contributed by atoms with Gasteiger partial charge in [0.05, 0.1) is 17.0 Å². The topological polar surface area (TPSA) is 15.6 Å². The molecule has 5 heteroatoms. The molecule has 3 rings (SSSR count). The van der Waals surface area contributed by atoms with Gasteiger partial charge >= 0.3 is 6.18 Å². The van der Waals surface area contributed by atoms with Crippen LogP contribution < -0.4 is 5.01 Å². The fourth-order valence-electron chi connectivity index (χ4n) is 2.48. The second kappa shape index (κ2) is 5.83. The molecule has 114 valence electrons. The molecule has 0 atom stereocenters. The van der Waals surface area contributed by atoms with Gasteiger partial charge in [-0.3, -0.25) is 5.01 Å². The van der Waals surface area contributed by atoms with Gasteiger partial charge in [-0.1, -0.05) is 30.3 Å². The second-order valence-corrected chi connectivity index (χ2v) is 5.18. The summed E-state index contributed by atoms with van der Waals surface area (Å²) in [6.07, 6.45) is -2.60. The molecule has 0 bridgehead atoms. The molecular weight excluding hydrogens is 289 g/mol. The Balaban J connectivity index is 1.86. The maximum Gasteiger partial charge on any atom is 0.416 e. The summed E-state index contributed by atoms with van der Waals surface area (Å²) in [4.78, 5) is 0. The highest BCUT2D eigenvalue weighted by molar-refractivity contribution is 6.01. The summed E-state index contributed by atoms with van der Waals surface area (Å²) in [6.45, 7) is 0.814. The Bertz CT molecular complexity index is 661. The molecule has 1 aliphatic heterocycles. The molecule has 1 heterocycles. The van der Waals surface area contributed by atoms with Crippen LogP contribution >= 0.6 is 0 Å². The maximum atomic E-state index is 12.6. The van der Waals surface area contributed by atoms with Gasteiger partial charge in [-0.05, 0) is 42.7 Å². The Morgan fingerprint density at radius 2 is 1.59 bits per heavy atom. The minimum absolute atomic E-state index is 0.632. The van der Waals surface area contributed by atoms with E-state index in [1.807, 2.05) is 35.3 Å². The summed E-state index contributed by atoms with van der Waals surface area (Å²) in [7, 11) is 0. The molecule has 0 saturated heterocycles. The first-order chi connectivity index (χ1) is 10.5. The smallest absolute Gasteiger partial charge is 0.265 e. The number of benzene rings is 2. The van der Waals surface area contributed by atoms with Gasteiger partial charge in [0, 0.05) is 6.54 Å². The standard InChI is InChI=1S/C17H15F3N2/c18-17(19,20)14-10-8-13(9-11-14)16-7-4-12-22(21-16)15-5-2-1-3-6-15/h1-3,5-6,8-11H,4,7,12H2. The van der Waals surface area contributed by atoms with E-state index in [4.69, 9.17) is 0 Å². The molecule has 0 aromatic heterocycles. The Hall–Kier alpha value is -2.30. The number of halogens is 3. The van der Waals surface area contributed by atoms with Crippen LogP contribution in [0.2, 0.25) is 0 Å². The van der Waals surface area contributed by atoms with Crippen molar-refractivity contribution in [1.82, 2.24) is 0 Å². The van der Waals surface area contributed by atoms with E-state index in [1.54, 1.807) is 0 Å². The number of alkyl halides is 3. The predicted molar refractivity (Wildman–Crippen MR) is 81.0 cm³/mol. The van der Waals surface area contributed by atoms with Gasteiger partial charge in [-0.25, -0.2) is 0 Å². The first-order valence-electron chi connectivity index (χ1n) is 7.12. The summed E-state index contributed by atoms with van der Waals surface area (Å²) in [5.74, 6) is 0. The van der Waals surface area contributed by atoms with Gasteiger partial charge in [0.2, 0.25) is 0 Å².